The third-order valence-corrected chi connectivity index (χ3v) is 6.10. The minimum atomic E-state index is 0.144. The van der Waals surface area contributed by atoms with E-state index in [-0.39, 0.29) is 12.1 Å². The molecule has 0 amide bonds. The molecule has 5 nitrogen and oxygen atoms in total. The van der Waals surface area contributed by atoms with Crippen LogP contribution >= 0.6 is 23.7 Å². The topological polar surface area (TPSA) is 45.5 Å². The van der Waals surface area contributed by atoms with Crippen LogP contribution in [0.5, 0.6) is 0 Å². The Morgan fingerprint density at radius 3 is 2.66 bits per heavy atom. The molecule has 0 saturated heterocycles. The quantitative estimate of drug-likeness (QED) is 0.288. The molecular weight excluding hydrogens is 445 g/mol. The number of hydrogen-bond donors (Lipinski definition) is 1. The summed E-state index contributed by atoms with van der Waals surface area (Å²) in [5.74, 6) is 0.761. The molecule has 0 saturated carbocycles. The van der Waals surface area contributed by atoms with Gasteiger partial charge < -0.3 is 10.2 Å². The zero-order valence-corrected chi connectivity index (χ0v) is 19.4. The van der Waals surface area contributed by atoms with Crippen LogP contribution in [0, 0.1) is 0 Å². The van der Waals surface area contributed by atoms with Crippen LogP contribution in [0.4, 0.5) is 9.70 Å². The van der Waals surface area contributed by atoms with Gasteiger partial charge >= 0.3 is 0 Å². The van der Waals surface area contributed by atoms with Crippen LogP contribution < -0.4 is 5.32 Å². The second-order valence-corrected chi connectivity index (χ2v) is 8.65. The third-order valence-electron chi connectivity index (χ3n) is 5.32. The number of benzene rings is 2. The normalized spacial score (nSPS) is 11.4. The second kappa shape index (κ2) is 10.8. The van der Waals surface area contributed by atoms with Gasteiger partial charge in [-0.25, -0.2) is 4.98 Å². The maximum Gasteiger partial charge on any atom is 0.174 e. The van der Waals surface area contributed by atoms with Crippen LogP contribution in [-0.2, 0) is 6.42 Å². The highest BCUT2D eigenvalue weighted by Crippen LogP contribution is 2.31. The van der Waals surface area contributed by atoms with Crippen LogP contribution in [0.25, 0.3) is 16.9 Å². The first-order valence-corrected chi connectivity index (χ1v) is 11.6. The van der Waals surface area contributed by atoms with Crippen molar-refractivity contribution in [3.63, 3.8) is 0 Å². The molecule has 2 heterocycles. The number of fused-ring (bicyclic) bond motifs is 1. The summed E-state index contributed by atoms with van der Waals surface area (Å²) in [4.78, 5) is 7.32. The minimum Gasteiger partial charge on any atom is -0.370 e. The first-order chi connectivity index (χ1) is 15.7. The van der Waals surface area contributed by atoms with Gasteiger partial charge in [0.1, 0.15) is 10.7 Å². The minimum absolute atomic E-state index is 0.144. The maximum absolute atomic E-state index is 13.4. The molecule has 4 aromatic rings. The van der Waals surface area contributed by atoms with Gasteiger partial charge in [0.25, 0.3) is 0 Å². The van der Waals surface area contributed by atoms with Crippen molar-refractivity contribution in [2.24, 2.45) is 0 Å². The van der Waals surface area contributed by atoms with E-state index in [0.29, 0.717) is 21.3 Å². The summed E-state index contributed by atoms with van der Waals surface area (Å²) in [5, 5.41) is 8.36. The summed E-state index contributed by atoms with van der Waals surface area (Å²) in [6.45, 7) is 2.74. The molecule has 0 aliphatic carbocycles. The van der Waals surface area contributed by atoms with Crippen LogP contribution in [0.1, 0.15) is 12.0 Å². The van der Waals surface area contributed by atoms with E-state index in [1.54, 1.807) is 4.52 Å². The lowest BCUT2D eigenvalue weighted by Gasteiger charge is -2.17. The van der Waals surface area contributed by atoms with Crippen molar-refractivity contribution in [3.05, 3.63) is 77.4 Å². The molecule has 0 aliphatic heterocycles. The van der Waals surface area contributed by atoms with Crippen LogP contribution in [0.2, 0.25) is 5.02 Å². The van der Waals surface area contributed by atoms with Crippen molar-refractivity contribution in [3.8, 4) is 11.3 Å². The molecule has 0 radical (unpaired) electrons. The largest absolute Gasteiger partial charge is 0.370 e. The Balaban J connectivity index is 1.42. The molecule has 1 N–H and O–H groups in total. The predicted octanol–water partition coefficient (Wildman–Crippen LogP) is 6.00. The van der Waals surface area contributed by atoms with E-state index in [2.05, 4.69) is 51.6 Å². The van der Waals surface area contributed by atoms with Gasteiger partial charge in [-0.05, 0) is 38.1 Å². The molecule has 2 aromatic carbocycles. The van der Waals surface area contributed by atoms with Gasteiger partial charge in [-0.3, -0.25) is 0 Å². The molecule has 0 aliphatic rings. The maximum atomic E-state index is 13.4. The molecule has 32 heavy (non-hydrogen) atoms. The van der Waals surface area contributed by atoms with Gasteiger partial charge in [0, 0.05) is 29.7 Å². The third kappa shape index (κ3) is 5.41. The van der Waals surface area contributed by atoms with E-state index in [1.807, 2.05) is 36.4 Å². The first-order valence-electron chi connectivity index (χ1n) is 10.5. The fourth-order valence-corrected chi connectivity index (χ4v) is 4.09. The molecule has 166 valence electrons. The summed E-state index contributed by atoms with van der Waals surface area (Å²) in [7, 11) is 2.14. The monoisotopic (exact) mass is 469 g/mol. The van der Waals surface area contributed by atoms with Gasteiger partial charge in [0.15, 0.2) is 5.65 Å². The highest BCUT2D eigenvalue weighted by atomic mass is 35.5. The van der Waals surface area contributed by atoms with Crippen LogP contribution in [0.3, 0.4) is 0 Å². The number of rotatable bonds is 10. The van der Waals surface area contributed by atoms with Gasteiger partial charge in [-0.15, -0.1) is 0 Å². The Morgan fingerprint density at radius 1 is 1.09 bits per heavy atom. The molecule has 2 aromatic heterocycles. The van der Waals surface area contributed by atoms with E-state index in [9.17, 15) is 3.89 Å². The van der Waals surface area contributed by atoms with Crippen molar-refractivity contribution in [2.75, 3.05) is 32.0 Å². The average molecular weight is 470 g/mol. The molecule has 0 bridgehead atoms. The standard InChI is InChI=1S/C24H25ClFN5S/c1-30(15-12-18-8-3-2-4-9-18)14-7-13-27-23-16-21(19-10-5-6-11-20(19)25)29-24-22(32-26)17-28-31(23)24/h2-6,8-11,16-17,27H,7,12-15H2,1H3. The summed E-state index contributed by atoms with van der Waals surface area (Å²) in [5.41, 5.74) is 3.30. The van der Waals surface area contributed by atoms with E-state index in [0.717, 1.165) is 43.9 Å². The average Bonchev–Trinajstić information content (AvgIpc) is 3.24. The lowest BCUT2D eigenvalue weighted by molar-refractivity contribution is 0.337. The molecule has 0 spiro atoms. The number of aromatic nitrogens is 3. The molecule has 0 fully saturated rings. The zero-order chi connectivity index (χ0) is 22.3. The Kier molecular flexibility index (Phi) is 7.63. The Bertz CT molecular complexity index is 1170. The van der Waals surface area contributed by atoms with E-state index >= 15 is 0 Å². The summed E-state index contributed by atoms with van der Waals surface area (Å²) in [6.07, 6.45) is 3.49. The fraction of sp³-hybridized carbons (Fsp3) is 0.250. The van der Waals surface area contributed by atoms with Crippen molar-refractivity contribution in [1.29, 1.82) is 0 Å². The molecule has 0 atom stereocenters. The molecule has 0 unspecified atom stereocenters. The second-order valence-electron chi connectivity index (χ2n) is 7.65. The van der Waals surface area contributed by atoms with Gasteiger partial charge in [0.2, 0.25) is 0 Å². The van der Waals surface area contributed by atoms with Crippen molar-refractivity contribution in [2.45, 2.75) is 17.7 Å². The van der Waals surface area contributed by atoms with Crippen molar-refractivity contribution < 1.29 is 3.89 Å². The fourth-order valence-electron chi connectivity index (χ4n) is 3.57. The lowest BCUT2D eigenvalue weighted by Crippen LogP contribution is -2.24. The van der Waals surface area contributed by atoms with Crippen molar-refractivity contribution >= 4 is 35.2 Å². The van der Waals surface area contributed by atoms with E-state index in [4.69, 9.17) is 11.6 Å². The molecule has 4 rings (SSSR count). The first kappa shape index (κ1) is 22.6. The Hall–Kier alpha value is -2.61. The van der Waals surface area contributed by atoms with E-state index < -0.39 is 0 Å². The number of halogens is 2. The molecule has 8 heteroatoms. The lowest BCUT2D eigenvalue weighted by atomic mass is 10.1. The smallest absolute Gasteiger partial charge is 0.174 e. The summed E-state index contributed by atoms with van der Waals surface area (Å²) < 4.78 is 15.0. The number of nitrogens with one attached hydrogen (secondary N) is 1. The Morgan fingerprint density at radius 2 is 1.88 bits per heavy atom. The number of anilines is 1. The van der Waals surface area contributed by atoms with Gasteiger partial charge in [0.05, 0.1) is 24.0 Å². The SMILES string of the molecule is CN(CCCNc1cc(-c2ccccc2Cl)nc2c(SF)cnn12)CCc1ccccc1. The zero-order valence-electron chi connectivity index (χ0n) is 17.8. The predicted molar refractivity (Wildman–Crippen MR) is 131 cm³/mol. The number of likely N-dealkylation sites (N-methyl/N-ethyl adjacent to an activating group) is 1. The molecular formula is C24H25ClFN5S. The summed E-state index contributed by atoms with van der Waals surface area (Å²) in [6, 6.07) is 19.9. The van der Waals surface area contributed by atoms with Crippen molar-refractivity contribution in [1.82, 2.24) is 19.5 Å². The van der Waals surface area contributed by atoms with Gasteiger partial charge in [-0.1, -0.05) is 60.1 Å². The number of nitrogens with zero attached hydrogens (tertiary/aromatic N) is 4. The number of hydrogen-bond acceptors (Lipinski definition) is 5. The summed E-state index contributed by atoms with van der Waals surface area (Å²) >= 11 is 6.52. The highest BCUT2D eigenvalue weighted by molar-refractivity contribution is 7.94. The van der Waals surface area contributed by atoms with Gasteiger partial charge in [-0.2, -0.15) is 13.5 Å². The highest BCUT2D eigenvalue weighted by Gasteiger charge is 2.14. The van der Waals surface area contributed by atoms with Crippen LogP contribution in [0.15, 0.2) is 71.8 Å². The van der Waals surface area contributed by atoms with Crippen LogP contribution in [-0.4, -0.2) is 46.2 Å². The Labute approximate surface area is 196 Å². The van der Waals surface area contributed by atoms with E-state index in [1.165, 1.54) is 11.8 Å².